The van der Waals surface area contributed by atoms with Crippen molar-refractivity contribution in [3.63, 3.8) is 0 Å². The van der Waals surface area contributed by atoms with E-state index in [9.17, 15) is 4.79 Å². The van der Waals surface area contributed by atoms with Gasteiger partial charge in [-0.3, -0.25) is 9.69 Å². The number of aromatic amines is 1. The van der Waals surface area contributed by atoms with Crippen molar-refractivity contribution in [1.29, 1.82) is 0 Å². The third-order valence-corrected chi connectivity index (χ3v) is 5.61. The lowest BCUT2D eigenvalue weighted by Gasteiger charge is -2.32. The Labute approximate surface area is 165 Å². The fourth-order valence-corrected chi connectivity index (χ4v) is 4.14. The molecule has 4 rings (SSSR count). The van der Waals surface area contributed by atoms with Crippen molar-refractivity contribution in [1.82, 2.24) is 9.88 Å². The largest absolute Gasteiger partial charge is 0.493 e. The van der Waals surface area contributed by atoms with Crippen LogP contribution < -0.4 is 9.47 Å². The lowest BCUT2D eigenvalue weighted by atomic mass is 9.89. The molecule has 0 aliphatic carbocycles. The second-order valence-electron chi connectivity index (χ2n) is 7.37. The number of likely N-dealkylation sites (tertiary alicyclic amines) is 1. The molecule has 0 radical (unpaired) electrons. The number of nitrogens with zero attached hydrogens (tertiary/aromatic N) is 1. The number of hydrogen-bond acceptors (Lipinski definition) is 4. The van der Waals surface area contributed by atoms with Crippen molar-refractivity contribution in [3.8, 4) is 11.5 Å². The van der Waals surface area contributed by atoms with Crippen molar-refractivity contribution in [2.75, 3.05) is 27.3 Å². The third-order valence-electron chi connectivity index (χ3n) is 5.61. The number of hydrogen-bond donors (Lipinski definition) is 1. The van der Waals surface area contributed by atoms with Gasteiger partial charge in [0.25, 0.3) is 0 Å². The molecule has 0 bridgehead atoms. The predicted molar refractivity (Wildman–Crippen MR) is 110 cm³/mol. The van der Waals surface area contributed by atoms with Crippen LogP contribution in [0.2, 0.25) is 0 Å². The summed E-state index contributed by atoms with van der Waals surface area (Å²) in [6, 6.07) is 13.8. The summed E-state index contributed by atoms with van der Waals surface area (Å²) in [6.45, 7) is 2.67. The Morgan fingerprint density at radius 3 is 2.79 bits per heavy atom. The number of Topliss-reactive ketones (excluding diaryl/α,β-unsaturated/α-hetero) is 1. The second-order valence-corrected chi connectivity index (χ2v) is 7.37. The van der Waals surface area contributed by atoms with Crippen LogP contribution in [-0.2, 0) is 6.54 Å². The normalized spacial score (nSPS) is 17.6. The first-order chi connectivity index (χ1) is 13.7. The molecule has 2 heterocycles. The molecule has 0 saturated carbocycles. The number of nitrogens with one attached hydrogen (secondary N) is 1. The van der Waals surface area contributed by atoms with Gasteiger partial charge in [0, 0.05) is 41.7 Å². The molecular formula is C23H26N2O3. The van der Waals surface area contributed by atoms with Crippen LogP contribution in [0, 0.1) is 5.92 Å². The molecule has 1 fully saturated rings. The van der Waals surface area contributed by atoms with Crippen LogP contribution in [-0.4, -0.2) is 43.0 Å². The number of ether oxygens (including phenoxy) is 2. The van der Waals surface area contributed by atoms with Gasteiger partial charge in [-0.15, -0.1) is 0 Å². The zero-order chi connectivity index (χ0) is 19.5. The molecule has 146 valence electrons. The van der Waals surface area contributed by atoms with Crippen molar-refractivity contribution in [3.05, 3.63) is 59.8 Å². The first-order valence-electron chi connectivity index (χ1n) is 9.73. The number of fused-ring (bicyclic) bond motifs is 1. The summed E-state index contributed by atoms with van der Waals surface area (Å²) >= 11 is 0. The molecule has 5 nitrogen and oxygen atoms in total. The van der Waals surface area contributed by atoms with Gasteiger partial charge >= 0.3 is 0 Å². The van der Waals surface area contributed by atoms with Crippen LogP contribution in [0.1, 0.15) is 28.8 Å². The molecule has 1 saturated heterocycles. The Hall–Kier alpha value is -2.79. The van der Waals surface area contributed by atoms with Crippen LogP contribution in [0.25, 0.3) is 10.9 Å². The number of piperidine rings is 1. The molecule has 28 heavy (non-hydrogen) atoms. The van der Waals surface area contributed by atoms with E-state index in [0.29, 0.717) is 17.1 Å². The molecule has 1 N–H and O–H groups in total. The summed E-state index contributed by atoms with van der Waals surface area (Å²) < 4.78 is 10.6. The summed E-state index contributed by atoms with van der Waals surface area (Å²) in [5.74, 6) is 1.44. The number of H-pyrrole nitrogens is 1. The molecule has 1 aliphatic rings. The van der Waals surface area contributed by atoms with Crippen LogP contribution >= 0.6 is 0 Å². The van der Waals surface area contributed by atoms with Gasteiger partial charge in [0.2, 0.25) is 0 Å². The second kappa shape index (κ2) is 8.07. The van der Waals surface area contributed by atoms with E-state index >= 15 is 0 Å². The zero-order valence-corrected chi connectivity index (χ0v) is 16.4. The van der Waals surface area contributed by atoms with E-state index in [0.717, 1.165) is 38.0 Å². The highest BCUT2D eigenvalue weighted by molar-refractivity contribution is 5.98. The van der Waals surface area contributed by atoms with Gasteiger partial charge in [0.15, 0.2) is 17.3 Å². The SMILES string of the molecule is COc1ccc(C(=O)[C@@H]2CCCN(Cc3c[nH]c4ccccc34)C2)cc1OC. The maximum atomic E-state index is 13.1. The standard InChI is InChI=1S/C23H26N2O3/c1-27-21-10-9-16(12-22(21)28-2)23(26)17-6-5-11-25(14-17)15-18-13-24-20-8-4-3-7-19(18)20/h3-4,7-10,12-13,17,24H,5-6,11,14-15H2,1-2H3/t17-/m1/s1. The van der Waals surface area contributed by atoms with Crippen LogP contribution in [0.4, 0.5) is 0 Å². The molecule has 0 spiro atoms. The maximum Gasteiger partial charge on any atom is 0.167 e. The topological polar surface area (TPSA) is 54.6 Å². The highest BCUT2D eigenvalue weighted by atomic mass is 16.5. The fourth-order valence-electron chi connectivity index (χ4n) is 4.14. The minimum atomic E-state index is 0.0112. The molecule has 5 heteroatoms. The summed E-state index contributed by atoms with van der Waals surface area (Å²) in [5.41, 5.74) is 3.14. The van der Waals surface area contributed by atoms with E-state index in [1.807, 2.05) is 12.1 Å². The quantitative estimate of drug-likeness (QED) is 0.651. The Morgan fingerprint density at radius 1 is 1.14 bits per heavy atom. The lowest BCUT2D eigenvalue weighted by molar-refractivity contribution is 0.0811. The molecule has 0 unspecified atom stereocenters. The van der Waals surface area contributed by atoms with Crippen molar-refractivity contribution < 1.29 is 14.3 Å². The number of methoxy groups -OCH3 is 2. The number of carbonyl (C=O) groups excluding carboxylic acids is 1. The molecule has 0 amide bonds. The highest BCUT2D eigenvalue weighted by Crippen LogP contribution is 2.30. The lowest BCUT2D eigenvalue weighted by Crippen LogP contribution is -2.38. The molecule has 1 aliphatic heterocycles. The van der Waals surface area contributed by atoms with Gasteiger partial charge in [0.05, 0.1) is 14.2 Å². The van der Waals surface area contributed by atoms with Crippen molar-refractivity contribution in [2.24, 2.45) is 5.92 Å². The summed E-state index contributed by atoms with van der Waals surface area (Å²) in [6.07, 6.45) is 4.05. The van der Waals surface area contributed by atoms with Gasteiger partial charge < -0.3 is 14.5 Å². The highest BCUT2D eigenvalue weighted by Gasteiger charge is 2.27. The van der Waals surface area contributed by atoms with Crippen LogP contribution in [0.3, 0.4) is 0 Å². The third kappa shape index (κ3) is 3.62. The molecule has 3 aromatic rings. The molecule has 2 aromatic carbocycles. The van der Waals surface area contributed by atoms with E-state index in [-0.39, 0.29) is 11.7 Å². The Morgan fingerprint density at radius 2 is 1.96 bits per heavy atom. The number of aromatic nitrogens is 1. The smallest absolute Gasteiger partial charge is 0.167 e. The minimum absolute atomic E-state index is 0.0112. The molecular weight excluding hydrogens is 352 g/mol. The van der Waals surface area contributed by atoms with Gasteiger partial charge in [-0.2, -0.15) is 0 Å². The number of para-hydroxylation sites is 1. The first kappa shape index (κ1) is 18.6. The van der Waals surface area contributed by atoms with E-state index in [2.05, 4.69) is 34.3 Å². The number of rotatable bonds is 6. The Bertz CT molecular complexity index is 979. The molecule has 1 aromatic heterocycles. The summed E-state index contributed by atoms with van der Waals surface area (Å²) in [4.78, 5) is 18.8. The maximum absolute atomic E-state index is 13.1. The molecule has 1 atom stereocenters. The Kier molecular flexibility index (Phi) is 5.35. The summed E-state index contributed by atoms with van der Waals surface area (Å²) in [7, 11) is 3.19. The van der Waals surface area contributed by atoms with Gasteiger partial charge in [-0.1, -0.05) is 18.2 Å². The van der Waals surface area contributed by atoms with Gasteiger partial charge in [-0.05, 0) is 49.2 Å². The fraction of sp³-hybridized carbons (Fsp3) is 0.348. The number of benzene rings is 2. The van der Waals surface area contributed by atoms with E-state index in [1.165, 1.54) is 10.9 Å². The monoisotopic (exact) mass is 378 g/mol. The minimum Gasteiger partial charge on any atom is -0.493 e. The van der Waals surface area contributed by atoms with Gasteiger partial charge in [0.1, 0.15) is 0 Å². The Balaban J connectivity index is 1.48. The van der Waals surface area contributed by atoms with Gasteiger partial charge in [-0.25, -0.2) is 0 Å². The summed E-state index contributed by atoms with van der Waals surface area (Å²) in [5, 5.41) is 1.26. The number of carbonyl (C=O) groups is 1. The van der Waals surface area contributed by atoms with E-state index in [4.69, 9.17) is 9.47 Å². The average Bonchev–Trinajstić information content (AvgIpc) is 3.15. The van der Waals surface area contributed by atoms with E-state index in [1.54, 1.807) is 26.4 Å². The average molecular weight is 378 g/mol. The first-order valence-corrected chi connectivity index (χ1v) is 9.73. The number of ketones is 1. The van der Waals surface area contributed by atoms with E-state index < -0.39 is 0 Å². The predicted octanol–water partition coefficient (Wildman–Crippen LogP) is 4.28. The van der Waals surface area contributed by atoms with Crippen LogP contribution in [0.15, 0.2) is 48.7 Å². The van der Waals surface area contributed by atoms with Crippen molar-refractivity contribution >= 4 is 16.7 Å². The van der Waals surface area contributed by atoms with Crippen molar-refractivity contribution in [2.45, 2.75) is 19.4 Å². The van der Waals surface area contributed by atoms with Crippen LogP contribution in [0.5, 0.6) is 11.5 Å². The zero-order valence-electron chi connectivity index (χ0n) is 16.4.